The predicted molar refractivity (Wildman–Crippen MR) is 92.0 cm³/mol. The summed E-state index contributed by atoms with van der Waals surface area (Å²) in [5.41, 5.74) is 2.61. The van der Waals surface area contributed by atoms with E-state index in [1.807, 2.05) is 6.07 Å². The number of nitrogens with one attached hydrogen (secondary N) is 1. The van der Waals surface area contributed by atoms with Gasteiger partial charge in [-0.25, -0.2) is 0 Å². The summed E-state index contributed by atoms with van der Waals surface area (Å²) in [6.07, 6.45) is 3.58. The molecule has 1 N–H and O–H groups in total. The molecule has 2 rings (SSSR count). The first-order chi connectivity index (χ1) is 11.1. The zero-order chi connectivity index (χ0) is 16.7. The highest BCUT2D eigenvalue weighted by atomic mass is 16.5. The fourth-order valence-corrected chi connectivity index (χ4v) is 2.93. The molecule has 1 aliphatic rings. The van der Waals surface area contributed by atoms with E-state index in [-0.39, 0.29) is 12.0 Å². The van der Waals surface area contributed by atoms with Gasteiger partial charge in [0, 0.05) is 19.6 Å². The van der Waals surface area contributed by atoms with Gasteiger partial charge < -0.3 is 14.8 Å². The third-order valence-electron chi connectivity index (χ3n) is 4.23. The van der Waals surface area contributed by atoms with Crippen LogP contribution in [0.4, 0.5) is 0 Å². The first-order valence-corrected chi connectivity index (χ1v) is 8.68. The fourth-order valence-electron chi connectivity index (χ4n) is 2.93. The van der Waals surface area contributed by atoms with Crippen molar-refractivity contribution in [2.24, 2.45) is 0 Å². The van der Waals surface area contributed by atoms with Crippen LogP contribution >= 0.6 is 0 Å². The average molecular weight is 319 g/mol. The molecule has 1 heterocycles. The summed E-state index contributed by atoms with van der Waals surface area (Å²) in [7, 11) is 0. The number of carbonyl (C=O) groups excluding carboxylic acids is 1. The lowest BCUT2D eigenvalue weighted by Crippen LogP contribution is -2.31. The summed E-state index contributed by atoms with van der Waals surface area (Å²) in [5, 5.41) is 2.93. The van der Waals surface area contributed by atoms with Crippen LogP contribution in [-0.2, 0) is 9.53 Å². The third-order valence-corrected chi connectivity index (χ3v) is 4.23. The molecule has 0 bridgehead atoms. The van der Waals surface area contributed by atoms with Crippen molar-refractivity contribution in [2.45, 2.75) is 58.5 Å². The number of benzene rings is 1. The molecule has 4 nitrogen and oxygen atoms in total. The number of carbonyl (C=O) groups is 1. The summed E-state index contributed by atoms with van der Waals surface area (Å²) >= 11 is 0. The highest BCUT2D eigenvalue weighted by molar-refractivity contribution is 5.75. The molecular formula is C19H29NO3. The molecule has 0 aliphatic carbocycles. The molecule has 1 saturated heterocycles. The van der Waals surface area contributed by atoms with E-state index in [0.717, 1.165) is 31.6 Å². The van der Waals surface area contributed by atoms with Crippen LogP contribution in [0.25, 0.3) is 0 Å². The molecular weight excluding hydrogens is 290 g/mol. The number of hydrogen-bond donors (Lipinski definition) is 1. The minimum absolute atomic E-state index is 0.0791. The van der Waals surface area contributed by atoms with Crippen LogP contribution in [0.5, 0.6) is 5.75 Å². The molecule has 1 amide bonds. The first-order valence-electron chi connectivity index (χ1n) is 8.68. The van der Waals surface area contributed by atoms with E-state index in [1.54, 1.807) is 0 Å². The largest absolute Gasteiger partial charge is 0.494 e. The normalized spacial score (nSPS) is 17.5. The maximum Gasteiger partial charge on any atom is 0.220 e. The van der Waals surface area contributed by atoms with E-state index in [0.29, 0.717) is 25.5 Å². The van der Waals surface area contributed by atoms with E-state index in [9.17, 15) is 4.79 Å². The summed E-state index contributed by atoms with van der Waals surface area (Å²) in [6, 6.07) is 6.22. The quantitative estimate of drug-likeness (QED) is 0.745. The SMILES string of the molecule is Cc1cc(OCCCC(=O)NCC2CCCO2)ccc1C(C)C. The van der Waals surface area contributed by atoms with Crippen molar-refractivity contribution in [1.82, 2.24) is 5.32 Å². The van der Waals surface area contributed by atoms with E-state index in [2.05, 4.69) is 38.2 Å². The lowest BCUT2D eigenvalue weighted by atomic mass is 9.98. The molecule has 23 heavy (non-hydrogen) atoms. The Morgan fingerprint density at radius 2 is 2.26 bits per heavy atom. The number of aryl methyl sites for hydroxylation is 1. The topological polar surface area (TPSA) is 47.6 Å². The van der Waals surface area contributed by atoms with Crippen LogP contribution in [0.1, 0.15) is 56.6 Å². The van der Waals surface area contributed by atoms with Gasteiger partial charge in [0.2, 0.25) is 5.91 Å². The number of ether oxygens (including phenoxy) is 2. The van der Waals surface area contributed by atoms with Crippen LogP contribution in [-0.4, -0.2) is 31.8 Å². The Hall–Kier alpha value is -1.55. The zero-order valence-corrected chi connectivity index (χ0v) is 14.6. The number of hydrogen-bond acceptors (Lipinski definition) is 3. The van der Waals surface area contributed by atoms with Crippen LogP contribution in [0.15, 0.2) is 18.2 Å². The van der Waals surface area contributed by atoms with Gasteiger partial charge in [-0.05, 0) is 55.4 Å². The minimum atomic E-state index is 0.0791. The standard InChI is InChI=1S/C19H29NO3/c1-14(2)18-9-8-16(12-15(18)3)22-11-5-7-19(21)20-13-17-6-4-10-23-17/h8-9,12,14,17H,4-7,10-11,13H2,1-3H3,(H,20,21). The summed E-state index contributed by atoms with van der Waals surface area (Å²) < 4.78 is 11.2. The Kier molecular flexibility index (Phi) is 6.90. The lowest BCUT2D eigenvalue weighted by Gasteiger charge is -2.13. The first kappa shape index (κ1) is 17.8. The Bertz CT molecular complexity index is 507. The molecule has 1 atom stereocenters. The van der Waals surface area contributed by atoms with Gasteiger partial charge in [0.1, 0.15) is 5.75 Å². The van der Waals surface area contributed by atoms with Crippen molar-refractivity contribution >= 4 is 5.91 Å². The molecule has 0 aromatic heterocycles. The highest BCUT2D eigenvalue weighted by Gasteiger charge is 2.15. The Morgan fingerprint density at radius 1 is 1.43 bits per heavy atom. The molecule has 1 aromatic carbocycles. The monoisotopic (exact) mass is 319 g/mol. The second-order valence-corrected chi connectivity index (χ2v) is 6.56. The molecule has 0 saturated carbocycles. The number of rotatable bonds is 8. The fraction of sp³-hybridized carbons (Fsp3) is 0.632. The maximum absolute atomic E-state index is 11.8. The summed E-state index contributed by atoms with van der Waals surface area (Å²) in [5.74, 6) is 1.48. The van der Waals surface area contributed by atoms with Crippen LogP contribution < -0.4 is 10.1 Å². The number of amides is 1. The average Bonchev–Trinajstić information content (AvgIpc) is 3.02. The highest BCUT2D eigenvalue weighted by Crippen LogP contribution is 2.23. The molecule has 1 aromatic rings. The molecule has 1 unspecified atom stereocenters. The molecule has 0 spiro atoms. The Labute approximate surface area is 139 Å². The second kappa shape index (κ2) is 8.92. The summed E-state index contributed by atoms with van der Waals surface area (Å²) in [6.45, 7) is 8.52. The van der Waals surface area contributed by atoms with Crippen molar-refractivity contribution in [3.8, 4) is 5.75 Å². The van der Waals surface area contributed by atoms with Crippen LogP contribution in [0.2, 0.25) is 0 Å². The second-order valence-electron chi connectivity index (χ2n) is 6.56. The molecule has 1 aliphatic heterocycles. The lowest BCUT2D eigenvalue weighted by molar-refractivity contribution is -0.121. The van der Waals surface area contributed by atoms with Crippen molar-refractivity contribution in [3.63, 3.8) is 0 Å². The third kappa shape index (κ3) is 5.87. The van der Waals surface area contributed by atoms with Gasteiger partial charge in [0.25, 0.3) is 0 Å². The van der Waals surface area contributed by atoms with Crippen LogP contribution in [0.3, 0.4) is 0 Å². The maximum atomic E-state index is 11.8. The van der Waals surface area contributed by atoms with Gasteiger partial charge in [-0.1, -0.05) is 19.9 Å². The van der Waals surface area contributed by atoms with Gasteiger partial charge in [-0.2, -0.15) is 0 Å². The van der Waals surface area contributed by atoms with E-state index < -0.39 is 0 Å². The smallest absolute Gasteiger partial charge is 0.220 e. The molecule has 0 radical (unpaired) electrons. The predicted octanol–water partition coefficient (Wildman–Crippen LogP) is 3.57. The molecule has 1 fully saturated rings. The van der Waals surface area contributed by atoms with Crippen LogP contribution in [0, 0.1) is 6.92 Å². The molecule has 128 valence electrons. The van der Waals surface area contributed by atoms with Gasteiger partial charge >= 0.3 is 0 Å². The Balaban J connectivity index is 1.62. The van der Waals surface area contributed by atoms with Gasteiger partial charge in [-0.3, -0.25) is 4.79 Å². The van der Waals surface area contributed by atoms with Crippen molar-refractivity contribution in [3.05, 3.63) is 29.3 Å². The molecule has 4 heteroatoms. The van der Waals surface area contributed by atoms with Crippen molar-refractivity contribution in [2.75, 3.05) is 19.8 Å². The zero-order valence-electron chi connectivity index (χ0n) is 14.6. The summed E-state index contributed by atoms with van der Waals surface area (Å²) in [4.78, 5) is 11.8. The van der Waals surface area contributed by atoms with Gasteiger partial charge in [0.15, 0.2) is 0 Å². The Morgan fingerprint density at radius 3 is 2.91 bits per heavy atom. The van der Waals surface area contributed by atoms with Gasteiger partial charge in [0.05, 0.1) is 12.7 Å². The van der Waals surface area contributed by atoms with E-state index in [1.165, 1.54) is 11.1 Å². The van der Waals surface area contributed by atoms with Gasteiger partial charge in [-0.15, -0.1) is 0 Å². The van der Waals surface area contributed by atoms with E-state index >= 15 is 0 Å². The minimum Gasteiger partial charge on any atom is -0.494 e. The van der Waals surface area contributed by atoms with Crippen molar-refractivity contribution in [1.29, 1.82) is 0 Å². The van der Waals surface area contributed by atoms with Crippen molar-refractivity contribution < 1.29 is 14.3 Å². The van der Waals surface area contributed by atoms with E-state index in [4.69, 9.17) is 9.47 Å².